The molecule has 2 atom stereocenters. The first kappa shape index (κ1) is 12.7. The normalized spacial score (nSPS) is 22.9. The average molecular weight is 281 g/mol. The van der Waals surface area contributed by atoms with Gasteiger partial charge >= 0.3 is 0 Å². The van der Waals surface area contributed by atoms with Gasteiger partial charge < -0.3 is 14.8 Å². The molecule has 1 fully saturated rings. The molecule has 1 aliphatic heterocycles. The summed E-state index contributed by atoms with van der Waals surface area (Å²) < 4.78 is 11.2. The molecule has 1 saturated carbocycles. The van der Waals surface area contributed by atoms with Gasteiger partial charge in [0.15, 0.2) is 11.5 Å². The van der Waals surface area contributed by atoms with Gasteiger partial charge in [0, 0.05) is 18.5 Å². The average Bonchev–Trinajstić information content (AvgIpc) is 3.33. The highest BCUT2D eigenvalue weighted by molar-refractivity contribution is 5.43. The van der Waals surface area contributed by atoms with Gasteiger partial charge in [0.2, 0.25) is 0 Å². The van der Waals surface area contributed by atoms with Crippen molar-refractivity contribution >= 4 is 0 Å². The van der Waals surface area contributed by atoms with Crippen LogP contribution in [-0.4, -0.2) is 19.3 Å². The summed E-state index contributed by atoms with van der Waals surface area (Å²) in [5.41, 5.74) is 2.69. The Labute approximate surface area is 124 Å². The van der Waals surface area contributed by atoms with E-state index in [1.165, 1.54) is 17.5 Å². The molecule has 1 unspecified atom stereocenters. The van der Waals surface area contributed by atoms with E-state index in [9.17, 15) is 0 Å². The highest BCUT2D eigenvalue weighted by Gasteiger charge is 2.37. The van der Waals surface area contributed by atoms with Crippen LogP contribution in [-0.2, 0) is 6.54 Å². The van der Waals surface area contributed by atoms with Crippen molar-refractivity contribution in [3.63, 3.8) is 0 Å². The molecule has 1 aliphatic carbocycles. The number of benzene rings is 2. The van der Waals surface area contributed by atoms with Gasteiger partial charge in [-0.1, -0.05) is 36.4 Å². The van der Waals surface area contributed by atoms with Crippen molar-refractivity contribution in [2.45, 2.75) is 24.9 Å². The minimum Gasteiger partial charge on any atom is -0.486 e. The van der Waals surface area contributed by atoms with E-state index < -0.39 is 0 Å². The first-order valence-corrected chi connectivity index (χ1v) is 7.57. The molecule has 0 aromatic heterocycles. The monoisotopic (exact) mass is 281 g/mol. The number of ether oxygens (including phenoxy) is 2. The molecule has 108 valence electrons. The van der Waals surface area contributed by atoms with Crippen LogP contribution in [0.5, 0.6) is 11.5 Å². The molecule has 3 heteroatoms. The summed E-state index contributed by atoms with van der Waals surface area (Å²) in [5.74, 6) is 2.40. The van der Waals surface area contributed by atoms with Gasteiger partial charge in [-0.05, 0) is 29.7 Å². The van der Waals surface area contributed by atoms with E-state index in [-0.39, 0.29) is 0 Å². The van der Waals surface area contributed by atoms with E-state index in [1.54, 1.807) is 0 Å². The lowest BCUT2D eigenvalue weighted by Crippen LogP contribution is -2.18. The maximum absolute atomic E-state index is 5.62. The molecule has 3 nitrogen and oxygen atoms in total. The van der Waals surface area contributed by atoms with Gasteiger partial charge in [0.1, 0.15) is 13.2 Å². The Kier molecular flexibility index (Phi) is 3.28. The van der Waals surface area contributed by atoms with Crippen molar-refractivity contribution in [3.8, 4) is 11.5 Å². The fourth-order valence-corrected chi connectivity index (χ4v) is 2.94. The minimum absolute atomic E-state index is 0.598. The van der Waals surface area contributed by atoms with Crippen LogP contribution in [0.15, 0.2) is 48.5 Å². The summed E-state index contributed by atoms with van der Waals surface area (Å²) >= 11 is 0. The highest BCUT2D eigenvalue weighted by Crippen LogP contribution is 2.41. The van der Waals surface area contributed by atoms with E-state index in [4.69, 9.17) is 9.47 Å². The van der Waals surface area contributed by atoms with Crippen molar-refractivity contribution < 1.29 is 9.47 Å². The summed E-state index contributed by atoms with van der Waals surface area (Å²) in [7, 11) is 0. The lowest BCUT2D eigenvalue weighted by molar-refractivity contribution is 0.171. The summed E-state index contributed by atoms with van der Waals surface area (Å²) in [6.07, 6.45) is 1.23. The van der Waals surface area contributed by atoms with Crippen molar-refractivity contribution in [1.29, 1.82) is 0 Å². The molecule has 1 heterocycles. The summed E-state index contributed by atoms with van der Waals surface area (Å²) in [4.78, 5) is 0. The van der Waals surface area contributed by atoms with E-state index >= 15 is 0 Å². The van der Waals surface area contributed by atoms with E-state index in [1.807, 2.05) is 6.07 Å². The number of nitrogens with one attached hydrogen (secondary N) is 1. The zero-order chi connectivity index (χ0) is 14.1. The van der Waals surface area contributed by atoms with E-state index in [2.05, 4.69) is 47.8 Å². The molecule has 0 saturated heterocycles. The third-order valence-corrected chi connectivity index (χ3v) is 4.19. The van der Waals surface area contributed by atoms with Crippen LogP contribution >= 0.6 is 0 Å². The van der Waals surface area contributed by atoms with Gasteiger partial charge in [0.25, 0.3) is 0 Å². The van der Waals surface area contributed by atoms with Gasteiger partial charge in [-0.25, -0.2) is 0 Å². The molecular weight excluding hydrogens is 262 g/mol. The number of hydrogen-bond donors (Lipinski definition) is 1. The molecule has 2 aromatic carbocycles. The topological polar surface area (TPSA) is 30.5 Å². The number of rotatable bonds is 4. The Morgan fingerprint density at radius 1 is 0.952 bits per heavy atom. The van der Waals surface area contributed by atoms with Crippen molar-refractivity contribution in [1.82, 2.24) is 5.32 Å². The Bertz CT molecular complexity index is 626. The number of hydrogen-bond acceptors (Lipinski definition) is 3. The molecule has 2 aromatic rings. The van der Waals surface area contributed by atoms with Crippen LogP contribution in [0, 0.1) is 0 Å². The lowest BCUT2D eigenvalue weighted by Gasteiger charge is -2.19. The fourth-order valence-electron chi connectivity index (χ4n) is 2.94. The summed E-state index contributed by atoms with van der Waals surface area (Å²) in [5, 5.41) is 3.63. The fraction of sp³-hybridized carbons (Fsp3) is 0.333. The van der Waals surface area contributed by atoms with Crippen LogP contribution < -0.4 is 14.8 Å². The van der Waals surface area contributed by atoms with Gasteiger partial charge in [-0.3, -0.25) is 0 Å². The molecule has 0 bridgehead atoms. The van der Waals surface area contributed by atoms with Crippen molar-refractivity contribution in [2.24, 2.45) is 0 Å². The predicted octanol–water partition coefficient (Wildman–Crippen LogP) is 3.10. The van der Waals surface area contributed by atoms with Crippen LogP contribution in [0.2, 0.25) is 0 Å². The number of fused-ring (bicyclic) bond motifs is 1. The first-order valence-electron chi connectivity index (χ1n) is 7.57. The zero-order valence-corrected chi connectivity index (χ0v) is 11.9. The van der Waals surface area contributed by atoms with Crippen LogP contribution in [0.3, 0.4) is 0 Å². The van der Waals surface area contributed by atoms with Crippen molar-refractivity contribution in [3.05, 3.63) is 59.7 Å². The summed E-state index contributed by atoms with van der Waals surface area (Å²) in [6.45, 7) is 2.17. The predicted molar refractivity (Wildman–Crippen MR) is 81.9 cm³/mol. The third kappa shape index (κ3) is 2.74. The second-order valence-corrected chi connectivity index (χ2v) is 5.72. The minimum atomic E-state index is 0.598. The molecule has 0 spiro atoms. The SMILES string of the molecule is c1ccc(C2C[C@H]2NCc2ccc3c(c2)OCCO3)cc1. The molecule has 0 amide bonds. The molecule has 21 heavy (non-hydrogen) atoms. The Morgan fingerprint density at radius 2 is 1.76 bits per heavy atom. The maximum atomic E-state index is 5.62. The first-order chi connectivity index (χ1) is 10.4. The van der Waals surface area contributed by atoms with Crippen LogP contribution in [0.25, 0.3) is 0 Å². The van der Waals surface area contributed by atoms with Gasteiger partial charge in [0.05, 0.1) is 0 Å². The van der Waals surface area contributed by atoms with Crippen LogP contribution in [0.1, 0.15) is 23.5 Å². The highest BCUT2D eigenvalue weighted by atomic mass is 16.6. The van der Waals surface area contributed by atoms with E-state index in [0.29, 0.717) is 25.2 Å². The second kappa shape index (κ2) is 5.41. The summed E-state index contributed by atoms with van der Waals surface area (Å²) in [6, 6.07) is 17.5. The molecule has 0 radical (unpaired) electrons. The largest absolute Gasteiger partial charge is 0.486 e. The molecule has 4 rings (SSSR count). The second-order valence-electron chi connectivity index (χ2n) is 5.72. The van der Waals surface area contributed by atoms with E-state index in [0.717, 1.165) is 18.0 Å². The molecular formula is C18H19NO2. The third-order valence-electron chi connectivity index (χ3n) is 4.19. The van der Waals surface area contributed by atoms with Gasteiger partial charge in [-0.15, -0.1) is 0 Å². The standard InChI is InChI=1S/C18H19NO2/c1-2-4-14(5-3-1)15-11-16(15)19-12-13-6-7-17-18(10-13)21-9-8-20-17/h1-7,10,15-16,19H,8-9,11-12H2/t15?,16-/m1/s1. The maximum Gasteiger partial charge on any atom is 0.161 e. The Hall–Kier alpha value is -2.00. The molecule has 2 aliphatic rings. The smallest absolute Gasteiger partial charge is 0.161 e. The van der Waals surface area contributed by atoms with Gasteiger partial charge in [-0.2, -0.15) is 0 Å². The zero-order valence-electron chi connectivity index (χ0n) is 11.9. The van der Waals surface area contributed by atoms with Crippen LogP contribution in [0.4, 0.5) is 0 Å². The quantitative estimate of drug-likeness (QED) is 0.934. The lowest BCUT2D eigenvalue weighted by atomic mass is 10.1. The Morgan fingerprint density at radius 3 is 2.62 bits per heavy atom. The Balaban J connectivity index is 1.36. The van der Waals surface area contributed by atoms with Crippen molar-refractivity contribution in [2.75, 3.05) is 13.2 Å². The molecule has 1 N–H and O–H groups in total.